The molecule has 0 aliphatic rings. The summed E-state index contributed by atoms with van der Waals surface area (Å²) in [4.78, 5) is 11.7. The molecule has 0 N–H and O–H groups in total. The molecule has 0 fully saturated rings. The Morgan fingerprint density at radius 3 is 2.73 bits per heavy atom. The van der Waals surface area contributed by atoms with Gasteiger partial charge in [0.05, 0.1) is 11.6 Å². The first-order valence-electron chi connectivity index (χ1n) is 5.05. The van der Waals surface area contributed by atoms with Crippen LogP contribution in [0.5, 0.6) is 0 Å². The summed E-state index contributed by atoms with van der Waals surface area (Å²) in [7, 11) is 1.66. The van der Waals surface area contributed by atoms with Crippen molar-refractivity contribution in [3.8, 4) is 0 Å². The predicted molar refractivity (Wildman–Crippen MR) is 61.1 cm³/mol. The van der Waals surface area contributed by atoms with Crippen molar-refractivity contribution in [3.05, 3.63) is 40.3 Å². The Labute approximate surface area is 88.4 Å². The Morgan fingerprint density at radius 2 is 2.07 bits per heavy atom. The predicted octanol–water partition coefficient (Wildman–Crippen LogP) is 2.06. The van der Waals surface area contributed by atoms with Gasteiger partial charge in [0.2, 0.25) is 0 Å². The highest BCUT2D eigenvalue weighted by Crippen LogP contribution is 2.18. The van der Waals surface area contributed by atoms with Crippen LogP contribution in [0.3, 0.4) is 0 Å². The van der Waals surface area contributed by atoms with Gasteiger partial charge < -0.3 is 0 Å². The normalized spacial score (nSPS) is 11.2. The van der Waals surface area contributed by atoms with Crippen molar-refractivity contribution in [2.24, 2.45) is 7.05 Å². The van der Waals surface area contributed by atoms with E-state index in [1.807, 2.05) is 18.2 Å². The standard InChI is InChI=1S/C12H14N2O/c1-8(2)9-4-5-11-10(6-9)7-13-14(3)12(11)15/h4-8H,1-3H3. The molecule has 0 unspecified atom stereocenters. The van der Waals surface area contributed by atoms with Crippen LogP contribution in [0.15, 0.2) is 29.2 Å². The fraction of sp³-hybridized carbons (Fsp3) is 0.333. The molecule has 2 aromatic rings. The third-order valence-electron chi connectivity index (χ3n) is 2.64. The average molecular weight is 202 g/mol. The van der Waals surface area contributed by atoms with Crippen LogP contribution >= 0.6 is 0 Å². The van der Waals surface area contributed by atoms with Crippen LogP contribution in [-0.2, 0) is 7.05 Å². The summed E-state index contributed by atoms with van der Waals surface area (Å²) >= 11 is 0. The van der Waals surface area contributed by atoms with Crippen molar-refractivity contribution in [2.45, 2.75) is 19.8 Å². The number of aromatic nitrogens is 2. The summed E-state index contributed by atoms with van der Waals surface area (Å²) in [6.07, 6.45) is 1.74. The molecule has 0 spiro atoms. The van der Waals surface area contributed by atoms with Crippen LogP contribution < -0.4 is 5.56 Å². The number of aryl methyl sites for hydroxylation is 1. The van der Waals surface area contributed by atoms with E-state index in [4.69, 9.17) is 0 Å². The summed E-state index contributed by atoms with van der Waals surface area (Å²) in [5, 5.41) is 5.67. The molecule has 0 atom stereocenters. The van der Waals surface area contributed by atoms with E-state index in [0.29, 0.717) is 5.92 Å². The summed E-state index contributed by atoms with van der Waals surface area (Å²) in [6.45, 7) is 4.27. The molecular formula is C12H14N2O. The number of benzene rings is 1. The van der Waals surface area contributed by atoms with Crippen LogP contribution in [0.4, 0.5) is 0 Å². The van der Waals surface area contributed by atoms with Crippen LogP contribution in [0.1, 0.15) is 25.3 Å². The zero-order chi connectivity index (χ0) is 11.0. The molecule has 2 rings (SSSR count). The van der Waals surface area contributed by atoms with E-state index in [1.54, 1.807) is 13.2 Å². The number of fused-ring (bicyclic) bond motifs is 1. The van der Waals surface area contributed by atoms with Gasteiger partial charge in [-0.05, 0) is 23.6 Å². The molecule has 0 aliphatic heterocycles. The van der Waals surface area contributed by atoms with E-state index in [-0.39, 0.29) is 5.56 Å². The quantitative estimate of drug-likeness (QED) is 0.709. The molecule has 3 nitrogen and oxygen atoms in total. The lowest BCUT2D eigenvalue weighted by Crippen LogP contribution is -2.18. The molecule has 78 valence electrons. The summed E-state index contributed by atoms with van der Waals surface area (Å²) in [5.41, 5.74) is 1.19. The van der Waals surface area contributed by atoms with Crippen molar-refractivity contribution in [3.63, 3.8) is 0 Å². The summed E-state index contributed by atoms with van der Waals surface area (Å²) in [6, 6.07) is 5.93. The number of nitrogens with zero attached hydrogens (tertiary/aromatic N) is 2. The molecule has 0 bridgehead atoms. The van der Waals surface area contributed by atoms with E-state index in [1.165, 1.54) is 10.2 Å². The van der Waals surface area contributed by atoms with Crippen molar-refractivity contribution in [2.75, 3.05) is 0 Å². The first-order valence-corrected chi connectivity index (χ1v) is 5.05. The highest BCUT2D eigenvalue weighted by Gasteiger charge is 2.04. The Bertz CT molecular complexity index is 555. The third kappa shape index (κ3) is 1.65. The van der Waals surface area contributed by atoms with E-state index >= 15 is 0 Å². The minimum atomic E-state index is -0.0391. The number of hydrogen-bond acceptors (Lipinski definition) is 2. The Balaban J connectivity index is 2.76. The molecule has 15 heavy (non-hydrogen) atoms. The third-order valence-corrected chi connectivity index (χ3v) is 2.64. The largest absolute Gasteiger partial charge is 0.274 e. The van der Waals surface area contributed by atoms with Gasteiger partial charge in [0.1, 0.15) is 0 Å². The van der Waals surface area contributed by atoms with Gasteiger partial charge in [0, 0.05) is 12.4 Å². The molecule has 0 saturated carbocycles. The van der Waals surface area contributed by atoms with Gasteiger partial charge in [-0.25, -0.2) is 4.68 Å². The first kappa shape index (κ1) is 9.90. The fourth-order valence-electron chi connectivity index (χ4n) is 1.62. The van der Waals surface area contributed by atoms with Crippen molar-refractivity contribution < 1.29 is 0 Å². The zero-order valence-electron chi connectivity index (χ0n) is 9.19. The number of hydrogen-bond donors (Lipinski definition) is 0. The van der Waals surface area contributed by atoms with Crippen molar-refractivity contribution in [1.29, 1.82) is 0 Å². The minimum Gasteiger partial charge on any atom is -0.267 e. The van der Waals surface area contributed by atoms with Crippen LogP contribution in [0.2, 0.25) is 0 Å². The highest BCUT2D eigenvalue weighted by atomic mass is 16.1. The Morgan fingerprint density at radius 1 is 1.33 bits per heavy atom. The van der Waals surface area contributed by atoms with E-state index in [0.717, 1.165) is 10.8 Å². The monoisotopic (exact) mass is 202 g/mol. The minimum absolute atomic E-state index is 0.0391. The molecule has 1 heterocycles. The highest BCUT2D eigenvalue weighted by molar-refractivity contribution is 5.81. The zero-order valence-corrected chi connectivity index (χ0v) is 9.19. The average Bonchev–Trinajstić information content (AvgIpc) is 2.23. The first-order chi connectivity index (χ1) is 7.09. The lowest BCUT2D eigenvalue weighted by molar-refractivity contribution is 0.718. The van der Waals surface area contributed by atoms with Crippen molar-refractivity contribution in [1.82, 2.24) is 9.78 Å². The van der Waals surface area contributed by atoms with Gasteiger partial charge in [-0.1, -0.05) is 19.9 Å². The van der Waals surface area contributed by atoms with E-state index in [9.17, 15) is 4.79 Å². The van der Waals surface area contributed by atoms with Gasteiger partial charge in [0.15, 0.2) is 0 Å². The van der Waals surface area contributed by atoms with E-state index < -0.39 is 0 Å². The van der Waals surface area contributed by atoms with Gasteiger partial charge in [0.25, 0.3) is 5.56 Å². The SMILES string of the molecule is CC(C)c1ccc2c(=O)n(C)ncc2c1. The molecule has 1 aromatic heterocycles. The van der Waals surface area contributed by atoms with Gasteiger partial charge in [-0.3, -0.25) is 4.79 Å². The smallest absolute Gasteiger partial charge is 0.267 e. The summed E-state index contributed by atoms with van der Waals surface area (Å²) in [5.74, 6) is 0.471. The summed E-state index contributed by atoms with van der Waals surface area (Å²) < 4.78 is 1.36. The maximum atomic E-state index is 11.7. The van der Waals surface area contributed by atoms with Crippen molar-refractivity contribution >= 4 is 10.8 Å². The van der Waals surface area contributed by atoms with Gasteiger partial charge >= 0.3 is 0 Å². The second kappa shape index (κ2) is 3.50. The molecule has 0 aliphatic carbocycles. The maximum absolute atomic E-state index is 11.7. The Hall–Kier alpha value is -1.64. The molecule has 3 heteroatoms. The maximum Gasteiger partial charge on any atom is 0.274 e. The van der Waals surface area contributed by atoms with Crippen LogP contribution in [0, 0.1) is 0 Å². The number of rotatable bonds is 1. The second-order valence-corrected chi connectivity index (χ2v) is 4.07. The lowest BCUT2D eigenvalue weighted by Gasteiger charge is -2.06. The topological polar surface area (TPSA) is 34.9 Å². The van der Waals surface area contributed by atoms with Gasteiger partial charge in [-0.2, -0.15) is 5.10 Å². The van der Waals surface area contributed by atoms with Crippen LogP contribution in [-0.4, -0.2) is 9.78 Å². The fourth-order valence-corrected chi connectivity index (χ4v) is 1.62. The molecule has 1 aromatic carbocycles. The van der Waals surface area contributed by atoms with E-state index in [2.05, 4.69) is 18.9 Å². The molecule has 0 amide bonds. The van der Waals surface area contributed by atoms with Crippen LogP contribution in [0.25, 0.3) is 10.8 Å². The molecule has 0 radical (unpaired) electrons. The second-order valence-electron chi connectivity index (χ2n) is 4.07. The van der Waals surface area contributed by atoms with Gasteiger partial charge in [-0.15, -0.1) is 0 Å². The molecule has 0 saturated heterocycles. The Kier molecular flexibility index (Phi) is 2.31. The lowest BCUT2D eigenvalue weighted by atomic mass is 10.0. The molecular weight excluding hydrogens is 188 g/mol.